The van der Waals surface area contributed by atoms with Gasteiger partial charge in [0.15, 0.2) is 0 Å². The van der Waals surface area contributed by atoms with Crippen molar-refractivity contribution >= 4 is 12.0 Å². The molecule has 0 aromatic heterocycles. The Hall–Kier alpha value is -1.52. The summed E-state index contributed by atoms with van der Waals surface area (Å²) in [6.07, 6.45) is 5.95. The number of methoxy groups -OCH3 is 1. The molecule has 0 aromatic rings. The van der Waals surface area contributed by atoms with Crippen molar-refractivity contribution in [3.63, 3.8) is 0 Å². The molecule has 0 spiro atoms. The van der Waals surface area contributed by atoms with E-state index in [1.54, 1.807) is 6.20 Å². The highest BCUT2D eigenvalue weighted by molar-refractivity contribution is 5.93. The molecule has 2 amide bonds. The summed E-state index contributed by atoms with van der Waals surface area (Å²) in [6.45, 7) is 3.43. The number of unbranched alkanes of at least 4 members (excludes halogenated alkanes) is 2. The smallest absolute Gasteiger partial charge is 0.413 e. The van der Waals surface area contributed by atoms with E-state index in [4.69, 9.17) is 0 Å². The van der Waals surface area contributed by atoms with Gasteiger partial charge in [0, 0.05) is 24.9 Å². The Labute approximate surface area is 108 Å². The van der Waals surface area contributed by atoms with Crippen molar-refractivity contribution in [2.75, 3.05) is 20.2 Å². The number of hydrogen-bond donors (Lipinski definition) is 1. The molecule has 0 saturated carbocycles. The highest BCUT2D eigenvalue weighted by atomic mass is 16.5. The van der Waals surface area contributed by atoms with Gasteiger partial charge in [-0.3, -0.25) is 9.69 Å². The molecule has 0 saturated heterocycles. The van der Waals surface area contributed by atoms with Crippen LogP contribution >= 0.6 is 0 Å². The van der Waals surface area contributed by atoms with Gasteiger partial charge in [0.25, 0.3) is 0 Å². The van der Waals surface area contributed by atoms with Crippen LogP contribution in [0.2, 0.25) is 0 Å². The first kappa shape index (κ1) is 14.5. The molecule has 1 N–H and O–H groups in total. The van der Waals surface area contributed by atoms with E-state index in [9.17, 15) is 9.59 Å². The van der Waals surface area contributed by atoms with Crippen molar-refractivity contribution in [3.05, 3.63) is 11.8 Å². The summed E-state index contributed by atoms with van der Waals surface area (Å²) in [7, 11) is 1.34. The van der Waals surface area contributed by atoms with Crippen LogP contribution in [0.4, 0.5) is 4.79 Å². The molecule has 0 unspecified atom stereocenters. The predicted octanol–water partition coefficient (Wildman–Crippen LogP) is 2.04. The first-order valence-electron chi connectivity index (χ1n) is 6.52. The predicted molar refractivity (Wildman–Crippen MR) is 69.0 cm³/mol. The third-order valence-electron chi connectivity index (χ3n) is 2.92. The van der Waals surface area contributed by atoms with Gasteiger partial charge in [-0.15, -0.1) is 0 Å². The third kappa shape index (κ3) is 4.39. The van der Waals surface area contributed by atoms with Crippen LogP contribution in [0, 0.1) is 0 Å². The number of carbonyl (C=O) groups is 2. The zero-order valence-electron chi connectivity index (χ0n) is 11.2. The number of rotatable bonds is 5. The minimum Gasteiger partial charge on any atom is -0.452 e. The quantitative estimate of drug-likeness (QED) is 0.764. The summed E-state index contributed by atoms with van der Waals surface area (Å²) in [5.41, 5.74) is 0.656. The van der Waals surface area contributed by atoms with Gasteiger partial charge in [0.1, 0.15) is 0 Å². The van der Waals surface area contributed by atoms with Crippen LogP contribution in [0.15, 0.2) is 11.8 Å². The molecule has 0 aliphatic carbocycles. The monoisotopic (exact) mass is 254 g/mol. The number of hydrogen-bond acceptors (Lipinski definition) is 3. The number of nitrogens with zero attached hydrogens (tertiary/aromatic N) is 1. The van der Waals surface area contributed by atoms with E-state index in [2.05, 4.69) is 17.0 Å². The standard InChI is InChI=1S/C13H22N2O3/c1-3-4-5-8-14-12(16)11-7-6-9-15(10-11)13(17)18-2/h10H,3-9H2,1-2H3,(H,14,16). The lowest BCUT2D eigenvalue weighted by Gasteiger charge is -2.23. The molecule has 1 aliphatic heterocycles. The summed E-state index contributed by atoms with van der Waals surface area (Å²) in [5, 5.41) is 2.88. The van der Waals surface area contributed by atoms with Crippen LogP contribution in [0.1, 0.15) is 39.0 Å². The molecule has 0 aromatic carbocycles. The lowest BCUT2D eigenvalue weighted by atomic mass is 10.1. The zero-order valence-corrected chi connectivity index (χ0v) is 11.2. The van der Waals surface area contributed by atoms with Crippen LogP contribution in [0.3, 0.4) is 0 Å². The van der Waals surface area contributed by atoms with Gasteiger partial charge in [-0.2, -0.15) is 0 Å². The summed E-state index contributed by atoms with van der Waals surface area (Å²) >= 11 is 0. The fraction of sp³-hybridized carbons (Fsp3) is 0.692. The molecule has 1 rings (SSSR count). The van der Waals surface area contributed by atoms with E-state index in [-0.39, 0.29) is 5.91 Å². The molecular weight excluding hydrogens is 232 g/mol. The average molecular weight is 254 g/mol. The summed E-state index contributed by atoms with van der Waals surface area (Å²) in [5.74, 6) is -0.0697. The van der Waals surface area contributed by atoms with Crippen molar-refractivity contribution in [3.8, 4) is 0 Å². The summed E-state index contributed by atoms with van der Waals surface area (Å²) in [6, 6.07) is 0. The Morgan fingerprint density at radius 3 is 2.89 bits per heavy atom. The Morgan fingerprint density at radius 1 is 1.44 bits per heavy atom. The molecule has 1 heterocycles. The van der Waals surface area contributed by atoms with Crippen LogP contribution in [0.5, 0.6) is 0 Å². The van der Waals surface area contributed by atoms with E-state index >= 15 is 0 Å². The second kappa shape index (κ2) is 7.74. The Bertz CT molecular complexity index is 326. The second-order valence-corrected chi connectivity index (χ2v) is 4.38. The van der Waals surface area contributed by atoms with E-state index in [1.807, 2.05) is 0 Å². The van der Waals surface area contributed by atoms with Crippen molar-refractivity contribution < 1.29 is 14.3 Å². The Morgan fingerprint density at radius 2 is 2.22 bits per heavy atom. The third-order valence-corrected chi connectivity index (χ3v) is 2.92. The van der Waals surface area contributed by atoms with E-state index in [1.165, 1.54) is 12.0 Å². The number of carbonyl (C=O) groups excluding carboxylic acids is 2. The molecule has 18 heavy (non-hydrogen) atoms. The fourth-order valence-corrected chi connectivity index (χ4v) is 1.88. The van der Waals surface area contributed by atoms with Gasteiger partial charge in [-0.1, -0.05) is 19.8 Å². The lowest BCUT2D eigenvalue weighted by molar-refractivity contribution is -0.117. The van der Waals surface area contributed by atoms with Crippen LogP contribution in [0.25, 0.3) is 0 Å². The van der Waals surface area contributed by atoms with E-state index in [0.29, 0.717) is 25.1 Å². The molecule has 0 bridgehead atoms. The number of amides is 2. The Balaban J connectivity index is 2.46. The largest absolute Gasteiger partial charge is 0.452 e. The van der Waals surface area contributed by atoms with Gasteiger partial charge in [-0.05, 0) is 19.3 Å². The zero-order chi connectivity index (χ0) is 13.4. The molecule has 0 fully saturated rings. The first-order valence-corrected chi connectivity index (χ1v) is 6.52. The van der Waals surface area contributed by atoms with Gasteiger partial charge >= 0.3 is 6.09 Å². The molecule has 0 atom stereocenters. The minimum absolute atomic E-state index is 0.0697. The fourth-order valence-electron chi connectivity index (χ4n) is 1.88. The highest BCUT2D eigenvalue weighted by Crippen LogP contribution is 2.15. The summed E-state index contributed by atoms with van der Waals surface area (Å²) < 4.78 is 4.64. The number of nitrogens with one attached hydrogen (secondary N) is 1. The highest BCUT2D eigenvalue weighted by Gasteiger charge is 2.20. The molecular formula is C13H22N2O3. The van der Waals surface area contributed by atoms with Crippen molar-refractivity contribution in [2.45, 2.75) is 39.0 Å². The number of ether oxygens (including phenoxy) is 1. The Kier molecular flexibility index (Phi) is 6.25. The van der Waals surface area contributed by atoms with Crippen molar-refractivity contribution in [1.82, 2.24) is 10.2 Å². The van der Waals surface area contributed by atoms with Crippen molar-refractivity contribution in [1.29, 1.82) is 0 Å². The lowest BCUT2D eigenvalue weighted by Crippen LogP contribution is -2.34. The summed E-state index contributed by atoms with van der Waals surface area (Å²) in [4.78, 5) is 24.7. The molecule has 5 nitrogen and oxygen atoms in total. The maximum atomic E-state index is 11.9. The normalized spacial score (nSPS) is 15.0. The van der Waals surface area contributed by atoms with Crippen molar-refractivity contribution in [2.24, 2.45) is 0 Å². The topological polar surface area (TPSA) is 58.6 Å². The SMILES string of the molecule is CCCCCNC(=O)C1=CN(C(=O)OC)CCC1. The maximum Gasteiger partial charge on any atom is 0.413 e. The van der Waals surface area contributed by atoms with Crippen LogP contribution < -0.4 is 5.32 Å². The molecule has 5 heteroatoms. The van der Waals surface area contributed by atoms with E-state index in [0.717, 1.165) is 25.7 Å². The molecule has 0 radical (unpaired) electrons. The van der Waals surface area contributed by atoms with Crippen LogP contribution in [-0.2, 0) is 9.53 Å². The first-order chi connectivity index (χ1) is 8.69. The second-order valence-electron chi connectivity index (χ2n) is 4.38. The van der Waals surface area contributed by atoms with Gasteiger partial charge in [-0.25, -0.2) is 4.79 Å². The molecule has 1 aliphatic rings. The van der Waals surface area contributed by atoms with Gasteiger partial charge in [0.05, 0.1) is 7.11 Å². The minimum atomic E-state index is -0.411. The van der Waals surface area contributed by atoms with E-state index < -0.39 is 6.09 Å². The van der Waals surface area contributed by atoms with Gasteiger partial charge < -0.3 is 10.1 Å². The maximum absolute atomic E-state index is 11.9. The average Bonchev–Trinajstić information content (AvgIpc) is 2.42. The molecule has 102 valence electrons. The van der Waals surface area contributed by atoms with Gasteiger partial charge in [0.2, 0.25) is 5.91 Å². The van der Waals surface area contributed by atoms with Crippen LogP contribution in [-0.4, -0.2) is 37.1 Å².